The first-order valence-corrected chi connectivity index (χ1v) is 8.85. The number of hydrogen-bond donors (Lipinski definition) is 1. The highest BCUT2D eigenvalue weighted by atomic mass is 16.3. The van der Waals surface area contributed by atoms with Crippen LogP contribution in [0.2, 0.25) is 0 Å². The van der Waals surface area contributed by atoms with Crippen molar-refractivity contribution in [2.75, 3.05) is 0 Å². The van der Waals surface area contributed by atoms with Gasteiger partial charge in [0.2, 0.25) is 0 Å². The van der Waals surface area contributed by atoms with Crippen LogP contribution in [0.15, 0.2) is 18.2 Å². The molecule has 1 aromatic heterocycles. The van der Waals surface area contributed by atoms with Gasteiger partial charge in [0.1, 0.15) is 0 Å². The second-order valence-electron chi connectivity index (χ2n) is 6.19. The van der Waals surface area contributed by atoms with E-state index in [4.69, 9.17) is 0 Å². The van der Waals surface area contributed by atoms with E-state index in [-0.39, 0.29) is 6.10 Å². The van der Waals surface area contributed by atoms with Crippen LogP contribution in [0.4, 0.5) is 0 Å². The van der Waals surface area contributed by atoms with E-state index in [1.165, 1.54) is 57.8 Å². The lowest BCUT2D eigenvalue weighted by Gasteiger charge is -2.10. The summed E-state index contributed by atoms with van der Waals surface area (Å²) in [6.07, 6.45) is 13.8. The molecule has 0 fully saturated rings. The van der Waals surface area contributed by atoms with Gasteiger partial charge in [-0.2, -0.15) is 0 Å². The molecule has 0 aliphatic heterocycles. The summed E-state index contributed by atoms with van der Waals surface area (Å²) in [5, 5.41) is 10.1. The van der Waals surface area contributed by atoms with E-state index < -0.39 is 0 Å². The first-order chi connectivity index (χ1) is 10.2. The van der Waals surface area contributed by atoms with Crippen molar-refractivity contribution >= 4 is 0 Å². The minimum absolute atomic E-state index is 0.390. The molecule has 0 amide bonds. The standard InChI is InChI=1S/C19H33NO/c1-3-4-5-6-7-8-9-10-11-12-16-19(21)18-15-13-14-17(2)20-18/h13-15,19,21H,3-12,16H2,1-2H3. The van der Waals surface area contributed by atoms with E-state index in [1.54, 1.807) is 0 Å². The molecular weight excluding hydrogens is 258 g/mol. The predicted octanol–water partition coefficient (Wildman–Crippen LogP) is 5.73. The zero-order chi connectivity index (χ0) is 15.3. The molecule has 1 rings (SSSR count). The molecule has 21 heavy (non-hydrogen) atoms. The fraction of sp³-hybridized carbons (Fsp3) is 0.737. The maximum Gasteiger partial charge on any atom is 0.0959 e. The summed E-state index contributed by atoms with van der Waals surface area (Å²) in [5.74, 6) is 0. The lowest BCUT2D eigenvalue weighted by atomic mass is 10.0. The molecule has 0 saturated carbocycles. The first kappa shape index (κ1) is 18.2. The SMILES string of the molecule is CCCCCCCCCCCCC(O)c1cccc(C)n1. The Bertz CT molecular complexity index is 364. The van der Waals surface area contributed by atoms with Gasteiger partial charge in [0.15, 0.2) is 0 Å². The minimum atomic E-state index is -0.390. The molecule has 1 heterocycles. The average Bonchev–Trinajstić information content (AvgIpc) is 2.49. The van der Waals surface area contributed by atoms with E-state index in [2.05, 4.69) is 11.9 Å². The molecule has 0 aliphatic rings. The third kappa shape index (κ3) is 8.87. The number of aromatic nitrogens is 1. The highest BCUT2D eigenvalue weighted by Crippen LogP contribution is 2.19. The molecule has 2 heteroatoms. The van der Waals surface area contributed by atoms with Crippen LogP contribution >= 0.6 is 0 Å². The topological polar surface area (TPSA) is 33.1 Å². The van der Waals surface area contributed by atoms with Gasteiger partial charge in [-0.25, -0.2) is 0 Å². The fourth-order valence-electron chi connectivity index (χ4n) is 2.72. The Balaban J connectivity index is 1.96. The zero-order valence-corrected chi connectivity index (χ0v) is 14.0. The number of aliphatic hydroxyl groups is 1. The molecule has 120 valence electrons. The van der Waals surface area contributed by atoms with Gasteiger partial charge in [0.05, 0.1) is 11.8 Å². The Kier molecular flexibility index (Phi) is 10.1. The zero-order valence-electron chi connectivity index (χ0n) is 14.0. The third-order valence-electron chi connectivity index (χ3n) is 4.08. The molecule has 0 spiro atoms. The number of unbranched alkanes of at least 4 members (excludes halogenated alkanes) is 9. The monoisotopic (exact) mass is 291 g/mol. The van der Waals surface area contributed by atoms with Crippen LogP contribution in [0, 0.1) is 6.92 Å². The molecule has 0 aromatic carbocycles. The van der Waals surface area contributed by atoms with Crippen molar-refractivity contribution in [2.45, 2.75) is 90.6 Å². The molecule has 0 bridgehead atoms. The molecular formula is C19H33NO. The van der Waals surface area contributed by atoms with E-state index in [1.807, 2.05) is 25.1 Å². The molecule has 0 radical (unpaired) electrons. The predicted molar refractivity (Wildman–Crippen MR) is 90.4 cm³/mol. The van der Waals surface area contributed by atoms with Gasteiger partial charge in [0.25, 0.3) is 0 Å². The number of rotatable bonds is 12. The highest BCUT2D eigenvalue weighted by Gasteiger charge is 2.08. The Hall–Kier alpha value is -0.890. The van der Waals surface area contributed by atoms with Crippen molar-refractivity contribution in [1.82, 2.24) is 4.98 Å². The van der Waals surface area contributed by atoms with Crippen molar-refractivity contribution in [3.63, 3.8) is 0 Å². The summed E-state index contributed by atoms with van der Waals surface area (Å²) in [6, 6.07) is 5.87. The Morgan fingerprint density at radius 1 is 0.905 bits per heavy atom. The van der Waals surface area contributed by atoms with Crippen LogP contribution in [0.3, 0.4) is 0 Å². The average molecular weight is 291 g/mol. The van der Waals surface area contributed by atoms with Crippen LogP contribution in [0.1, 0.15) is 95.0 Å². The van der Waals surface area contributed by atoms with E-state index in [0.29, 0.717) is 0 Å². The number of nitrogens with zero attached hydrogens (tertiary/aromatic N) is 1. The quantitative estimate of drug-likeness (QED) is 0.498. The summed E-state index contributed by atoms with van der Waals surface area (Å²) in [7, 11) is 0. The third-order valence-corrected chi connectivity index (χ3v) is 4.08. The van der Waals surface area contributed by atoms with E-state index in [9.17, 15) is 5.11 Å². The Morgan fingerprint density at radius 2 is 1.48 bits per heavy atom. The van der Waals surface area contributed by atoms with Gasteiger partial charge < -0.3 is 5.11 Å². The molecule has 1 N–H and O–H groups in total. The van der Waals surface area contributed by atoms with Crippen LogP contribution < -0.4 is 0 Å². The maximum absolute atomic E-state index is 10.1. The number of aliphatic hydroxyl groups excluding tert-OH is 1. The van der Waals surface area contributed by atoms with Crippen molar-refractivity contribution < 1.29 is 5.11 Å². The van der Waals surface area contributed by atoms with Crippen molar-refractivity contribution in [3.8, 4) is 0 Å². The number of pyridine rings is 1. The van der Waals surface area contributed by atoms with Crippen molar-refractivity contribution in [2.24, 2.45) is 0 Å². The number of hydrogen-bond acceptors (Lipinski definition) is 2. The van der Waals surface area contributed by atoms with Crippen molar-refractivity contribution in [1.29, 1.82) is 0 Å². The molecule has 0 aliphatic carbocycles. The summed E-state index contributed by atoms with van der Waals surface area (Å²) in [5.41, 5.74) is 1.81. The molecule has 2 nitrogen and oxygen atoms in total. The Morgan fingerprint density at radius 3 is 2.05 bits per heavy atom. The number of aryl methyl sites for hydroxylation is 1. The fourth-order valence-corrected chi connectivity index (χ4v) is 2.72. The van der Waals surface area contributed by atoms with Crippen LogP contribution in [-0.4, -0.2) is 10.1 Å². The van der Waals surface area contributed by atoms with Crippen LogP contribution in [-0.2, 0) is 0 Å². The normalized spacial score (nSPS) is 12.5. The van der Waals surface area contributed by atoms with Gasteiger partial charge in [0, 0.05) is 5.69 Å². The Labute approximate surface area is 131 Å². The molecule has 1 unspecified atom stereocenters. The second-order valence-corrected chi connectivity index (χ2v) is 6.19. The van der Waals surface area contributed by atoms with Crippen LogP contribution in [0.25, 0.3) is 0 Å². The summed E-state index contributed by atoms with van der Waals surface area (Å²) in [4.78, 5) is 4.39. The molecule has 0 saturated heterocycles. The summed E-state index contributed by atoms with van der Waals surface area (Å²) >= 11 is 0. The van der Waals surface area contributed by atoms with E-state index in [0.717, 1.165) is 24.2 Å². The van der Waals surface area contributed by atoms with Gasteiger partial charge in [-0.1, -0.05) is 77.2 Å². The van der Waals surface area contributed by atoms with Gasteiger partial charge in [-0.3, -0.25) is 4.98 Å². The highest BCUT2D eigenvalue weighted by molar-refractivity contribution is 5.11. The lowest BCUT2D eigenvalue weighted by molar-refractivity contribution is 0.158. The largest absolute Gasteiger partial charge is 0.387 e. The smallest absolute Gasteiger partial charge is 0.0959 e. The maximum atomic E-state index is 10.1. The first-order valence-electron chi connectivity index (χ1n) is 8.85. The lowest BCUT2D eigenvalue weighted by Crippen LogP contribution is -2.01. The molecule has 1 atom stereocenters. The minimum Gasteiger partial charge on any atom is -0.387 e. The van der Waals surface area contributed by atoms with Crippen molar-refractivity contribution in [3.05, 3.63) is 29.6 Å². The summed E-state index contributed by atoms with van der Waals surface area (Å²) in [6.45, 7) is 4.23. The van der Waals surface area contributed by atoms with Gasteiger partial charge in [-0.05, 0) is 25.5 Å². The second kappa shape index (κ2) is 11.7. The summed E-state index contributed by atoms with van der Waals surface area (Å²) < 4.78 is 0. The van der Waals surface area contributed by atoms with Gasteiger partial charge in [-0.15, -0.1) is 0 Å². The molecule has 1 aromatic rings. The van der Waals surface area contributed by atoms with E-state index >= 15 is 0 Å². The van der Waals surface area contributed by atoms with Crippen LogP contribution in [0.5, 0.6) is 0 Å². The van der Waals surface area contributed by atoms with Gasteiger partial charge >= 0.3 is 0 Å².